The minimum atomic E-state index is -0.580. The lowest BCUT2D eigenvalue weighted by Crippen LogP contribution is -2.46. The van der Waals surface area contributed by atoms with Crippen LogP contribution in [0.1, 0.15) is 60.9 Å². The summed E-state index contributed by atoms with van der Waals surface area (Å²) in [6, 6.07) is 14.5. The van der Waals surface area contributed by atoms with Crippen molar-refractivity contribution >= 4 is 11.8 Å². The van der Waals surface area contributed by atoms with Gasteiger partial charge in [0.25, 0.3) is 5.91 Å². The van der Waals surface area contributed by atoms with Gasteiger partial charge in [0.15, 0.2) is 6.10 Å². The van der Waals surface area contributed by atoms with Crippen LogP contribution in [0.4, 0.5) is 0 Å². The van der Waals surface area contributed by atoms with Crippen molar-refractivity contribution in [2.24, 2.45) is 5.92 Å². The third kappa shape index (κ3) is 5.08. The molecule has 0 aromatic heterocycles. The third-order valence-electron chi connectivity index (χ3n) is 7.67. The third-order valence-corrected chi connectivity index (χ3v) is 7.67. The number of nitrogens with zero attached hydrogens (tertiary/aromatic N) is 2. The molecular formula is C29H36N2O4. The largest absolute Gasteiger partial charge is 0.481 e. The monoisotopic (exact) mass is 476 g/mol. The van der Waals surface area contributed by atoms with Gasteiger partial charge in [0.2, 0.25) is 5.91 Å². The van der Waals surface area contributed by atoms with E-state index in [1.165, 1.54) is 11.1 Å². The topological polar surface area (TPSA) is 59.1 Å². The molecule has 2 aromatic carbocycles. The lowest BCUT2D eigenvalue weighted by molar-refractivity contribution is -0.142. The normalized spacial score (nSPS) is 21.5. The summed E-state index contributed by atoms with van der Waals surface area (Å²) in [6.07, 6.45) is 4.52. The van der Waals surface area contributed by atoms with Gasteiger partial charge in [-0.3, -0.25) is 9.59 Å². The standard InChI is InChI=1S/C29H36N2O4/c1-20-6-5-9-24(18-20)27-26-19-25(35-21(2)28(32)30-14-16-34-17-15-30)11-10-22(26)12-13-31(27)29(33)23-7-3-4-8-23/h5-6,9-11,18-19,21,23,27H,3-4,7-8,12-17H2,1-2H3. The summed E-state index contributed by atoms with van der Waals surface area (Å²) in [5.41, 5.74) is 4.66. The number of ether oxygens (including phenoxy) is 2. The number of carbonyl (C=O) groups excluding carboxylic acids is 2. The van der Waals surface area contributed by atoms with Crippen LogP contribution in [0, 0.1) is 12.8 Å². The number of rotatable bonds is 5. The fourth-order valence-electron chi connectivity index (χ4n) is 5.81. The maximum atomic E-state index is 13.6. The van der Waals surface area contributed by atoms with Crippen molar-refractivity contribution in [3.63, 3.8) is 0 Å². The summed E-state index contributed by atoms with van der Waals surface area (Å²) < 4.78 is 11.5. The molecule has 2 fully saturated rings. The maximum Gasteiger partial charge on any atom is 0.263 e. The molecule has 2 unspecified atom stereocenters. The number of morpholine rings is 1. The molecule has 2 aromatic rings. The Bertz CT molecular complexity index is 1070. The summed E-state index contributed by atoms with van der Waals surface area (Å²) in [5.74, 6) is 1.07. The fraction of sp³-hybridized carbons (Fsp3) is 0.517. The molecule has 2 aliphatic heterocycles. The number of hydrogen-bond donors (Lipinski definition) is 0. The Morgan fingerprint density at radius 1 is 1.03 bits per heavy atom. The highest BCUT2D eigenvalue weighted by Gasteiger charge is 2.36. The predicted octanol–water partition coefficient (Wildman–Crippen LogP) is 4.29. The Balaban J connectivity index is 1.44. The molecule has 2 amide bonds. The van der Waals surface area contributed by atoms with E-state index in [0.29, 0.717) is 32.1 Å². The Kier molecular flexibility index (Phi) is 7.09. The smallest absolute Gasteiger partial charge is 0.263 e. The first-order valence-corrected chi connectivity index (χ1v) is 13.0. The second-order valence-electron chi connectivity index (χ2n) is 10.1. The Morgan fingerprint density at radius 3 is 2.54 bits per heavy atom. The minimum absolute atomic E-state index is 0.0145. The molecule has 6 nitrogen and oxygen atoms in total. The predicted molar refractivity (Wildman–Crippen MR) is 134 cm³/mol. The zero-order chi connectivity index (χ0) is 24.4. The van der Waals surface area contributed by atoms with E-state index in [4.69, 9.17) is 9.47 Å². The molecule has 6 heteroatoms. The highest BCUT2D eigenvalue weighted by molar-refractivity contribution is 5.81. The van der Waals surface area contributed by atoms with Crippen molar-refractivity contribution in [1.82, 2.24) is 9.80 Å². The van der Waals surface area contributed by atoms with Gasteiger partial charge in [-0.25, -0.2) is 0 Å². The molecule has 0 bridgehead atoms. The maximum absolute atomic E-state index is 13.6. The van der Waals surface area contributed by atoms with Crippen molar-refractivity contribution in [3.05, 3.63) is 64.7 Å². The lowest BCUT2D eigenvalue weighted by atomic mass is 9.86. The molecule has 35 heavy (non-hydrogen) atoms. The van der Waals surface area contributed by atoms with Crippen LogP contribution in [-0.2, 0) is 20.7 Å². The van der Waals surface area contributed by atoms with Crippen molar-refractivity contribution in [1.29, 1.82) is 0 Å². The second-order valence-corrected chi connectivity index (χ2v) is 10.1. The number of amides is 2. The van der Waals surface area contributed by atoms with Crippen LogP contribution < -0.4 is 4.74 Å². The minimum Gasteiger partial charge on any atom is -0.481 e. The zero-order valence-electron chi connectivity index (χ0n) is 20.9. The van der Waals surface area contributed by atoms with Gasteiger partial charge in [0.05, 0.1) is 19.3 Å². The van der Waals surface area contributed by atoms with E-state index in [2.05, 4.69) is 48.2 Å². The molecule has 2 atom stereocenters. The van der Waals surface area contributed by atoms with Crippen molar-refractivity contribution in [3.8, 4) is 5.75 Å². The molecule has 1 saturated heterocycles. The molecule has 3 aliphatic rings. The summed E-state index contributed by atoms with van der Waals surface area (Å²) >= 11 is 0. The molecule has 1 saturated carbocycles. The first-order valence-electron chi connectivity index (χ1n) is 13.0. The molecule has 0 N–H and O–H groups in total. The van der Waals surface area contributed by atoms with Gasteiger partial charge >= 0.3 is 0 Å². The van der Waals surface area contributed by atoms with Crippen molar-refractivity contribution in [2.75, 3.05) is 32.8 Å². The van der Waals surface area contributed by atoms with Crippen molar-refractivity contribution < 1.29 is 19.1 Å². The van der Waals surface area contributed by atoms with Gasteiger partial charge in [-0.2, -0.15) is 0 Å². The molecule has 0 spiro atoms. The van der Waals surface area contributed by atoms with E-state index in [-0.39, 0.29) is 23.8 Å². The fourth-order valence-corrected chi connectivity index (χ4v) is 5.81. The Labute approximate surface area is 208 Å². The number of aryl methyl sites for hydroxylation is 1. The number of benzene rings is 2. The molecule has 186 valence electrons. The van der Waals surface area contributed by atoms with E-state index in [1.54, 1.807) is 0 Å². The van der Waals surface area contributed by atoms with Crippen LogP contribution >= 0.6 is 0 Å². The summed E-state index contributed by atoms with van der Waals surface area (Å²) in [5, 5.41) is 0. The van der Waals surface area contributed by atoms with E-state index in [9.17, 15) is 9.59 Å². The van der Waals surface area contributed by atoms with Crippen LogP contribution in [0.25, 0.3) is 0 Å². The summed E-state index contributed by atoms with van der Waals surface area (Å²) in [7, 11) is 0. The average molecular weight is 477 g/mol. The van der Waals surface area contributed by atoms with Crippen LogP contribution in [0.5, 0.6) is 5.75 Å². The van der Waals surface area contributed by atoms with Gasteiger partial charge in [-0.15, -0.1) is 0 Å². The molecule has 5 rings (SSSR count). The van der Waals surface area contributed by atoms with Gasteiger partial charge < -0.3 is 19.3 Å². The molecule has 2 heterocycles. The SMILES string of the molecule is Cc1cccc(C2c3cc(OC(C)C(=O)N4CCOCC4)ccc3CCN2C(=O)C2CCCC2)c1. The number of carbonyl (C=O) groups is 2. The quantitative estimate of drug-likeness (QED) is 0.646. The first-order chi connectivity index (χ1) is 17.0. The van der Waals surface area contributed by atoms with E-state index in [0.717, 1.165) is 49.8 Å². The van der Waals surface area contributed by atoms with Crippen LogP contribution in [0.3, 0.4) is 0 Å². The van der Waals surface area contributed by atoms with Gasteiger partial charge in [-0.05, 0) is 61.9 Å². The summed E-state index contributed by atoms with van der Waals surface area (Å²) in [4.78, 5) is 30.4. The molecular weight excluding hydrogens is 440 g/mol. The molecule has 0 radical (unpaired) electrons. The Morgan fingerprint density at radius 2 is 1.80 bits per heavy atom. The second kappa shape index (κ2) is 10.4. The van der Waals surface area contributed by atoms with E-state index in [1.807, 2.05) is 17.9 Å². The highest BCUT2D eigenvalue weighted by Crippen LogP contribution is 2.40. The zero-order valence-corrected chi connectivity index (χ0v) is 20.9. The van der Waals surface area contributed by atoms with Crippen LogP contribution in [0.15, 0.2) is 42.5 Å². The Hall–Kier alpha value is -2.86. The average Bonchev–Trinajstić information content (AvgIpc) is 3.43. The van der Waals surface area contributed by atoms with Gasteiger partial charge in [-0.1, -0.05) is 48.7 Å². The highest BCUT2D eigenvalue weighted by atomic mass is 16.5. The molecule has 1 aliphatic carbocycles. The number of fused-ring (bicyclic) bond motifs is 1. The first kappa shape index (κ1) is 23.9. The van der Waals surface area contributed by atoms with Crippen LogP contribution in [0.2, 0.25) is 0 Å². The number of hydrogen-bond acceptors (Lipinski definition) is 4. The summed E-state index contributed by atoms with van der Waals surface area (Å²) in [6.45, 7) is 6.97. The van der Waals surface area contributed by atoms with E-state index < -0.39 is 6.10 Å². The van der Waals surface area contributed by atoms with Crippen LogP contribution in [-0.4, -0.2) is 60.6 Å². The van der Waals surface area contributed by atoms with E-state index >= 15 is 0 Å². The lowest BCUT2D eigenvalue weighted by Gasteiger charge is -2.39. The van der Waals surface area contributed by atoms with Gasteiger partial charge in [0.1, 0.15) is 5.75 Å². The van der Waals surface area contributed by atoms with Crippen molar-refractivity contribution in [2.45, 2.75) is 58.1 Å². The van der Waals surface area contributed by atoms with Gasteiger partial charge in [0, 0.05) is 25.6 Å².